The van der Waals surface area contributed by atoms with Crippen molar-refractivity contribution in [1.82, 2.24) is 5.32 Å². The maximum absolute atomic E-state index is 5.87. The van der Waals surface area contributed by atoms with Crippen LogP contribution in [0.15, 0.2) is 28.1 Å². The average molecular weight is 337 g/mol. The van der Waals surface area contributed by atoms with Crippen molar-refractivity contribution in [3.63, 3.8) is 0 Å². The lowest BCUT2D eigenvalue weighted by atomic mass is 10.3. The molecular formula is C11H11BrClNS2. The first-order chi connectivity index (χ1) is 7.74. The van der Waals surface area contributed by atoms with Crippen LogP contribution in [0.4, 0.5) is 0 Å². The molecular weight excluding hydrogens is 326 g/mol. The van der Waals surface area contributed by atoms with Gasteiger partial charge in [0, 0.05) is 32.7 Å². The molecule has 1 nitrogen and oxygen atoms in total. The fraction of sp³-hybridized carbons (Fsp3) is 0.273. The molecule has 0 aliphatic carbocycles. The van der Waals surface area contributed by atoms with E-state index in [0.29, 0.717) is 0 Å². The van der Waals surface area contributed by atoms with E-state index < -0.39 is 0 Å². The Morgan fingerprint density at radius 2 is 2.19 bits per heavy atom. The zero-order valence-corrected chi connectivity index (χ0v) is 12.5. The number of nitrogens with one attached hydrogen (secondary N) is 1. The summed E-state index contributed by atoms with van der Waals surface area (Å²) >= 11 is 12.7. The third kappa shape index (κ3) is 3.86. The van der Waals surface area contributed by atoms with E-state index in [1.54, 1.807) is 22.7 Å². The quantitative estimate of drug-likeness (QED) is 0.789. The molecule has 0 saturated carbocycles. The van der Waals surface area contributed by atoms with Crippen LogP contribution in [0.3, 0.4) is 0 Å². The predicted octanol–water partition coefficient (Wildman–Crippen LogP) is 4.56. The molecule has 16 heavy (non-hydrogen) atoms. The van der Waals surface area contributed by atoms with E-state index in [9.17, 15) is 0 Å². The van der Waals surface area contributed by atoms with Crippen molar-refractivity contribution in [2.45, 2.75) is 13.0 Å². The largest absolute Gasteiger partial charge is 0.311 e. The molecule has 0 unspecified atom stereocenters. The molecule has 2 aromatic rings. The summed E-state index contributed by atoms with van der Waals surface area (Å²) in [4.78, 5) is 2.70. The Balaban J connectivity index is 1.69. The van der Waals surface area contributed by atoms with E-state index in [4.69, 9.17) is 11.6 Å². The van der Waals surface area contributed by atoms with Crippen LogP contribution in [0, 0.1) is 0 Å². The van der Waals surface area contributed by atoms with Crippen molar-refractivity contribution in [2.24, 2.45) is 0 Å². The maximum Gasteiger partial charge on any atom is 0.0931 e. The highest BCUT2D eigenvalue weighted by atomic mass is 79.9. The highest BCUT2D eigenvalue weighted by Gasteiger charge is 1.99. The minimum Gasteiger partial charge on any atom is -0.311 e. The summed E-state index contributed by atoms with van der Waals surface area (Å²) in [6.07, 6.45) is 1.05. The normalized spacial score (nSPS) is 10.9. The highest BCUT2D eigenvalue weighted by Crippen LogP contribution is 2.22. The van der Waals surface area contributed by atoms with E-state index in [1.807, 2.05) is 6.07 Å². The second kappa shape index (κ2) is 6.17. The molecule has 2 aromatic heterocycles. The number of halogens is 2. The lowest BCUT2D eigenvalue weighted by molar-refractivity contribution is 0.697. The molecule has 1 N–H and O–H groups in total. The van der Waals surface area contributed by atoms with Gasteiger partial charge in [-0.15, -0.1) is 22.7 Å². The van der Waals surface area contributed by atoms with Gasteiger partial charge in [-0.2, -0.15) is 0 Å². The number of hydrogen-bond donors (Lipinski definition) is 1. The van der Waals surface area contributed by atoms with Gasteiger partial charge in [-0.25, -0.2) is 0 Å². The van der Waals surface area contributed by atoms with Crippen LogP contribution in [0.25, 0.3) is 0 Å². The summed E-state index contributed by atoms with van der Waals surface area (Å²) in [6, 6.07) is 6.20. The SMILES string of the molecule is Clc1ccc(CCNCc2cc(Br)cs2)s1. The molecule has 0 spiro atoms. The minimum absolute atomic E-state index is 0.872. The minimum atomic E-state index is 0.872. The van der Waals surface area contributed by atoms with Crippen molar-refractivity contribution in [3.05, 3.63) is 42.1 Å². The van der Waals surface area contributed by atoms with Gasteiger partial charge in [-0.3, -0.25) is 0 Å². The highest BCUT2D eigenvalue weighted by molar-refractivity contribution is 9.10. The lowest BCUT2D eigenvalue weighted by Gasteiger charge is -2.00. The first-order valence-corrected chi connectivity index (χ1v) is 7.78. The van der Waals surface area contributed by atoms with Gasteiger partial charge in [0.25, 0.3) is 0 Å². The van der Waals surface area contributed by atoms with Crippen LogP contribution < -0.4 is 5.32 Å². The first-order valence-electron chi connectivity index (χ1n) is 4.92. The topological polar surface area (TPSA) is 12.0 Å². The smallest absolute Gasteiger partial charge is 0.0931 e. The van der Waals surface area contributed by atoms with E-state index in [1.165, 1.54) is 14.2 Å². The molecule has 86 valence electrons. The molecule has 0 amide bonds. The predicted molar refractivity (Wildman–Crippen MR) is 76.8 cm³/mol. The standard InChI is InChI=1S/C11H11BrClNS2/c12-8-5-10(15-7-8)6-14-4-3-9-1-2-11(13)16-9/h1-2,5,7,14H,3-4,6H2. The van der Waals surface area contributed by atoms with Gasteiger partial charge in [0.15, 0.2) is 0 Å². The van der Waals surface area contributed by atoms with Gasteiger partial charge in [-0.1, -0.05) is 11.6 Å². The average Bonchev–Trinajstić information content (AvgIpc) is 2.83. The number of hydrogen-bond acceptors (Lipinski definition) is 3. The van der Waals surface area contributed by atoms with Crippen LogP contribution in [-0.4, -0.2) is 6.54 Å². The molecule has 0 aromatic carbocycles. The van der Waals surface area contributed by atoms with Crippen molar-refractivity contribution in [2.75, 3.05) is 6.54 Å². The fourth-order valence-electron chi connectivity index (χ4n) is 1.36. The third-order valence-electron chi connectivity index (χ3n) is 2.10. The summed E-state index contributed by atoms with van der Waals surface area (Å²) in [5, 5.41) is 5.53. The molecule has 0 fully saturated rings. The van der Waals surface area contributed by atoms with Gasteiger partial charge in [-0.05, 0) is 40.5 Å². The summed E-state index contributed by atoms with van der Waals surface area (Å²) in [7, 11) is 0. The lowest BCUT2D eigenvalue weighted by Crippen LogP contribution is -2.15. The molecule has 5 heteroatoms. The van der Waals surface area contributed by atoms with Gasteiger partial charge in [0.05, 0.1) is 4.34 Å². The van der Waals surface area contributed by atoms with Crippen LogP contribution in [0.2, 0.25) is 4.34 Å². The summed E-state index contributed by atoms with van der Waals surface area (Å²) in [5.41, 5.74) is 0. The molecule has 0 saturated heterocycles. The zero-order valence-electron chi connectivity index (χ0n) is 8.50. The van der Waals surface area contributed by atoms with Crippen LogP contribution >= 0.6 is 50.2 Å². The van der Waals surface area contributed by atoms with E-state index >= 15 is 0 Å². The van der Waals surface area contributed by atoms with E-state index in [0.717, 1.165) is 23.8 Å². The Morgan fingerprint density at radius 3 is 2.81 bits per heavy atom. The molecule has 0 aliphatic heterocycles. The summed E-state index contributed by atoms with van der Waals surface area (Å²) in [6.45, 7) is 1.93. The molecule has 0 aliphatic rings. The van der Waals surface area contributed by atoms with Gasteiger partial charge in [0.2, 0.25) is 0 Å². The Bertz CT molecular complexity index is 410. The second-order valence-electron chi connectivity index (χ2n) is 3.36. The van der Waals surface area contributed by atoms with Crippen molar-refractivity contribution in [1.29, 1.82) is 0 Å². The van der Waals surface area contributed by atoms with Crippen molar-refractivity contribution < 1.29 is 0 Å². The first kappa shape index (κ1) is 12.6. The maximum atomic E-state index is 5.87. The number of thiophene rings is 2. The Kier molecular flexibility index (Phi) is 4.85. The molecule has 0 radical (unpaired) electrons. The van der Waals surface area contributed by atoms with Crippen LogP contribution in [0.5, 0.6) is 0 Å². The van der Waals surface area contributed by atoms with Crippen LogP contribution in [-0.2, 0) is 13.0 Å². The molecule has 2 rings (SSSR count). The zero-order chi connectivity index (χ0) is 11.4. The number of rotatable bonds is 5. The van der Waals surface area contributed by atoms with Crippen molar-refractivity contribution >= 4 is 50.2 Å². The summed E-state index contributed by atoms with van der Waals surface area (Å²) in [5.74, 6) is 0. The molecule has 2 heterocycles. The molecule has 0 bridgehead atoms. The van der Waals surface area contributed by atoms with Gasteiger partial charge < -0.3 is 5.32 Å². The fourth-order valence-corrected chi connectivity index (χ4v) is 3.86. The Hall–Kier alpha value is 0.130. The van der Waals surface area contributed by atoms with Crippen LogP contribution in [0.1, 0.15) is 9.75 Å². The Morgan fingerprint density at radius 1 is 1.31 bits per heavy atom. The summed E-state index contributed by atoms with van der Waals surface area (Å²) < 4.78 is 2.04. The van der Waals surface area contributed by atoms with Gasteiger partial charge in [0.1, 0.15) is 0 Å². The van der Waals surface area contributed by atoms with Crippen molar-refractivity contribution in [3.8, 4) is 0 Å². The molecule has 0 atom stereocenters. The van der Waals surface area contributed by atoms with Gasteiger partial charge >= 0.3 is 0 Å². The second-order valence-corrected chi connectivity index (χ2v) is 7.07. The monoisotopic (exact) mass is 335 g/mol. The third-order valence-corrected chi connectivity index (χ3v) is 5.09. The van der Waals surface area contributed by atoms with E-state index in [-0.39, 0.29) is 0 Å². The Labute approximate surface area is 117 Å². The van der Waals surface area contributed by atoms with E-state index in [2.05, 4.69) is 38.8 Å².